The van der Waals surface area contributed by atoms with Crippen molar-refractivity contribution >= 4 is 29.3 Å². The summed E-state index contributed by atoms with van der Waals surface area (Å²) in [6.07, 6.45) is 5.82. The predicted octanol–water partition coefficient (Wildman–Crippen LogP) is 5.37. The van der Waals surface area contributed by atoms with Crippen LogP contribution in [0.2, 0.25) is 5.02 Å². The SMILES string of the molecule is CCOC(=O)[C@@H](C)Sc1nnc(COc2ccc(Cl)c(C)c2)n1C1CCCCC1. The van der Waals surface area contributed by atoms with Crippen LogP contribution in [0.15, 0.2) is 23.4 Å². The number of esters is 1. The maximum Gasteiger partial charge on any atom is 0.319 e. The standard InChI is InChI=1S/C21H28ClN3O3S/c1-4-27-20(26)15(3)29-21-24-23-19(25(21)16-8-6-5-7-9-16)13-28-17-10-11-18(22)14(2)12-17/h10-12,15-16H,4-9,13H2,1-3H3/t15-/m1/s1. The quantitative estimate of drug-likeness (QED) is 0.408. The molecular formula is C21H28ClN3O3S. The van der Waals surface area contributed by atoms with E-state index in [1.54, 1.807) is 0 Å². The molecule has 0 radical (unpaired) electrons. The van der Waals surface area contributed by atoms with Crippen molar-refractivity contribution in [2.75, 3.05) is 6.61 Å². The summed E-state index contributed by atoms with van der Waals surface area (Å²) in [6, 6.07) is 5.94. The van der Waals surface area contributed by atoms with Gasteiger partial charge in [-0.1, -0.05) is 42.6 Å². The Morgan fingerprint density at radius 3 is 2.76 bits per heavy atom. The number of nitrogens with zero attached hydrogens (tertiary/aromatic N) is 3. The van der Waals surface area contributed by atoms with Gasteiger partial charge < -0.3 is 9.47 Å². The van der Waals surface area contributed by atoms with Gasteiger partial charge in [-0.3, -0.25) is 9.36 Å². The van der Waals surface area contributed by atoms with Crippen LogP contribution in [0, 0.1) is 6.92 Å². The molecule has 0 unspecified atom stereocenters. The first-order valence-electron chi connectivity index (χ1n) is 10.2. The molecule has 0 aliphatic heterocycles. The molecule has 1 aliphatic carbocycles. The zero-order chi connectivity index (χ0) is 20.8. The van der Waals surface area contributed by atoms with Crippen molar-refractivity contribution in [3.05, 3.63) is 34.6 Å². The molecule has 0 saturated heterocycles. The topological polar surface area (TPSA) is 66.2 Å². The van der Waals surface area contributed by atoms with Crippen molar-refractivity contribution in [2.24, 2.45) is 0 Å². The number of carbonyl (C=O) groups is 1. The van der Waals surface area contributed by atoms with Crippen LogP contribution in [0.25, 0.3) is 0 Å². The van der Waals surface area contributed by atoms with Crippen LogP contribution in [-0.2, 0) is 16.1 Å². The molecule has 0 spiro atoms. The lowest BCUT2D eigenvalue weighted by Gasteiger charge is -2.26. The molecular weight excluding hydrogens is 410 g/mol. The molecule has 2 aromatic rings. The van der Waals surface area contributed by atoms with Crippen LogP contribution in [0.5, 0.6) is 5.75 Å². The number of hydrogen-bond acceptors (Lipinski definition) is 6. The summed E-state index contributed by atoms with van der Waals surface area (Å²) in [6.45, 7) is 6.30. The summed E-state index contributed by atoms with van der Waals surface area (Å²) in [5.74, 6) is 1.30. The lowest BCUT2D eigenvalue weighted by molar-refractivity contribution is -0.142. The molecule has 3 rings (SSSR count). The molecule has 158 valence electrons. The van der Waals surface area contributed by atoms with E-state index >= 15 is 0 Å². The van der Waals surface area contributed by atoms with Crippen molar-refractivity contribution in [1.82, 2.24) is 14.8 Å². The average molecular weight is 438 g/mol. The first-order valence-corrected chi connectivity index (χ1v) is 11.4. The Labute approximate surface area is 181 Å². The summed E-state index contributed by atoms with van der Waals surface area (Å²) in [5, 5.41) is 9.91. The minimum Gasteiger partial charge on any atom is -0.486 e. The number of hydrogen-bond donors (Lipinski definition) is 0. The maximum atomic E-state index is 12.1. The van der Waals surface area contributed by atoms with Crippen LogP contribution < -0.4 is 4.74 Å². The second-order valence-corrected chi connectivity index (χ2v) is 8.99. The fourth-order valence-corrected chi connectivity index (χ4v) is 4.57. The number of ether oxygens (including phenoxy) is 2. The smallest absolute Gasteiger partial charge is 0.319 e. The third-order valence-electron chi connectivity index (χ3n) is 5.07. The van der Waals surface area contributed by atoms with E-state index in [2.05, 4.69) is 14.8 Å². The van der Waals surface area contributed by atoms with Crippen LogP contribution in [0.4, 0.5) is 0 Å². The maximum absolute atomic E-state index is 12.1. The summed E-state index contributed by atoms with van der Waals surface area (Å²) in [4.78, 5) is 12.1. The van der Waals surface area contributed by atoms with Crippen molar-refractivity contribution in [3.8, 4) is 5.75 Å². The highest BCUT2D eigenvalue weighted by Gasteiger charge is 2.26. The number of aryl methyl sites for hydroxylation is 1. The number of carbonyl (C=O) groups excluding carboxylic acids is 1. The van der Waals surface area contributed by atoms with Crippen LogP contribution in [-0.4, -0.2) is 32.6 Å². The fraction of sp³-hybridized carbons (Fsp3) is 0.571. The number of thioether (sulfide) groups is 1. The first kappa shape index (κ1) is 22.0. The van der Waals surface area contributed by atoms with Gasteiger partial charge in [0.2, 0.25) is 0 Å². The van der Waals surface area contributed by atoms with Gasteiger partial charge in [0.15, 0.2) is 11.0 Å². The van der Waals surface area contributed by atoms with E-state index in [1.807, 2.05) is 39.0 Å². The summed E-state index contributed by atoms with van der Waals surface area (Å²) >= 11 is 7.50. The number of halogens is 1. The Morgan fingerprint density at radius 1 is 1.31 bits per heavy atom. The Balaban J connectivity index is 1.79. The summed E-state index contributed by atoms with van der Waals surface area (Å²) in [5.41, 5.74) is 0.970. The third kappa shape index (κ3) is 5.66. The second kappa shape index (κ2) is 10.3. The van der Waals surface area contributed by atoms with Gasteiger partial charge in [-0.05, 0) is 57.4 Å². The predicted molar refractivity (Wildman–Crippen MR) is 115 cm³/mol. The van der Waals surface area contributed by atoms with Gasteiger partial charge in [0.25, 0.3) is 0 Å². The highest BCUT2D eigenvalue weighted by molar-refractivity contribution is 8.00. The van der Waals surface area contributed by atoms with Gasteiger partial charge in [0, 0.05) is 11.1 Å². The van der Waals surface area contributed by atoms with E-state index in [0.29, 0.717) is 19.3 Å². The lowest BCUT2D eigenvalue weighted by Crippen LogP contribution is -2.20. The summed E-state index contributed by atoms with van der Waals surface area (Å²) in [7, 11) is 0. The third-order valence-corrected chi connectivity index (χ3v) is 6.53. The average Bonchev–Trinajstić information content (AvgIpc) is 3.12. The Kier molecular flexibility index (Phi) is 7.84. The van der Waals surface area contributed by atoms with Crippen molar-refractivity contribution in [3.63, 3.8) is 0 Å². The van der Waals surface area contributed by atoms with E-state index < -0.39 is 0 Å². The lowest BCUT2D eigenvalue weighted by atomic mass is 9.95. The molecule has 1 saturated carbocycles. The van der Waals surface area contributed by atoms with Gasteiger partial charge in [0.05, 0.1) is 6.61 Å². The molecule has 1 aromatic carbocycles. The van der Waals surface area contributed by atoms with Gasteiger partial charge in [0.1, 0.15) is 17.6 Å². The molecule has 1 aromatic heterocycles. The molecule has 1 atom stereocenters. The van der Waals surface area contributed by atoms with Crippen molar-refractivity contribution < 1.29 is 14.3 Å². The van der Waals surface area contributed by atoms with Crippen LogP contribution in [0.3, 0.4) is 0 Å². The molecule has 8 heteroatoms. The molecule has 1 fully saturated rings. The van der Waals surface area contributed by atoms with E-state index in [4.69, 9.17) is 21.1 Å². The zero-order valence-electron chi connectivity index (χ0n) is 17.2. The summed E-state index contributed by atoms with van der Waals surface area (Å²) < 4.78 is 13.3. The van der Waals surface area contributed by atoms with Gasteiger partial charge in [-0.15, -0.1) is 10.2 Å². The normalized spacial score (nSPS) is 15.9. The monoisotopic (exact) mass is 437 g/mol. The largest absolute Gasteiger partial charge is 0.486 e. The Hall–Kier alpha value is -1.73. The molecule has 0 N–H and O–H groups in total. The molecule has 1 heterocycles. The van der Waals surface area contributed by atoms with Gasteiger partial charge >= 0.3 is 5.97 Å². The fourth-order valence-electron chi connectivity index (χ4n) is 3.51. The van der Waals surface area contributed by atoms with E-state index in [-0.39, 0.29) is 11.2 Å². The number of aromatic nitrogens is 3. The van der Waals surface area contributed by atoms with Crippen LogP contribution in [0.1, 0.15) is 63.4 Å². The highest BCUT2D eigenvalue weighted by atomic mass is 35.5. The number of rotatable bonds is 8. The Bertz CT molecular complexity index is 837. The van der Waals surface area contributed by atoms with Gasteiger partial charge in [-0.25, -0.2) is 0 Å². The van der Waals surface area contributed by atoms with E-state index in [9.17, 15) is 4.79 Å². The molecule has 1 aliphatic rings. The molecule has 0 amide bonds. The van der Waals surface area contributed by atoms with Crippen LogP contribution >= 0.6 is 23.4 Å². The number of benzene rings is 1. The molecule has 6 nitrogen and oxygen atoms in total. The molecule has 29 heavy (non-hydrogen) atoms. The van der Waals surface area contributed by atoms with E-state index in [0.717, 1.165) is 40.2 Å². The van der Waals surface area contributed by atoms with E-state index in [1.165, 1.54) is 31.0 Å². The minimum atomic E-state index is -0.339. The van der Waals surface area contributed by atoms with Gasteiger partial charge in [-0.2, -0.15) is 0 Å². The minimum absolute atomic E-state index is 0.231. The second-order valence-electron chi connectivity index (χ2n) is 7.27. The van der Waals surface area contributed by atoms with Crippen molar-refractivity contribution in [1.29, 1.82) is 0 Å². The zero-order valence-corrected chi connectivity index (χ0v) is 18.8. The molecule has 0 bridgehead atoms. The van der Waals surface area contributed by atoms with Crippen molar-refractivity contribution in [2.45, 2.75) is 75.9 Å². The Morgan fingerprint density at radius 2 is 2.07 bits per heavy atom. The highest BCUT2D eigenvalue weighted by Crippen LogP contribution is 2.34. The first-order chi connectivity index (χ1) is 14.0.